The van der Waals surface area contributed by atoms with Crippen molar-refractivity contribution >= 4 is 5.90 Å². The lowest BCUT2D eigenvalue weighted by Gasteiger charge is -2.09. The van der Waals surface area contributed by atoms with Crippen molar-refractivity contribution in [3.8, 4) is 11.1 Å². The number of aromatic nitrogens is 3. The van der Waals surface area contributed by atoms with Crippen molar-refractivity contribution in [2.45, 2.75) is 6.54 Å². The highest BCUT2D eigenvalue weighted by Gasteiger charge is 2.03. The van der Waals surface area contributed by atoms with Crippen molar-refractivity contribution in [2.24, 2.45) is 4.99 Å². The quantitative estimate of drug-likeness (QED) is 0.395. The topological polar surface area (TPSA) is 66.3 Å². The van der Waals surface area contributed by atoms with Crippen molar-refractivity contribution in [3.63, 3.8) is 0 Å². The number of rotatable bonds is 5. The molecule has 0 aromatic carbocycles. The molecule has 3 aromatic rings. The summed E-state index contributed by atoms with van der Waals surface area (Å²) in [4.78, 5) is 11.0. The highest BCUT2D eigenvalue weighted by molar-refractivity contribution is 5.90. The van der Waals surface area contributed by atoms with Crippen molar-refractivity contribution < 1.29 is 14.7 Å². The van der Waals surface area contributed by atoms with E-state index in [1.54, 1.807) is 24.5 Å². The van der Waals surface area contributed by atoms with Crippen LogP contribution in [0.1, 0.15) is 5.56 Å². The van der Waals surface area contributed by atoms with Crippen LogP contribution in [-0.2, 0) is 6.54 Å². The lowest BCUT2D eigenvalue weighted by molar-refractivity contribution is -0.694. The molecule has 0 atom stereocenters. The van der Waals surface area contributed by atoms with E-state index in [4.69, 9.17) is 0 Å². The van der Waals surface area contributed by atoms with E-state index in [2.05, 4.69) is 27.1 Å². The van der Waals surface area contributed by atoms with E-state index in [0.29, 0.717) is 18.7 Å². The second-order valence-electron chi connectivity index (χ2n) is 5.04. The zero-order valence-corrected chi connectivity index (χ0v) is 12.6. The third kappa shape index (κ3) is 3.97. The molecule has 3 heterocycles. The summed E-state index contributed by atoms with van der Waals surface area (Å²) in [5.41, 5.74) is 2.88. The van der Waals surface area contributed by atoms with Crippen LogP contribution in [0.3, 0.4) is 0 Å². The summed E-state index contributed by atoms with van der Waals surface area (Å²) in [6.07, 6.45) is 11.0. The minimum atomic E-state index is -0.204. The van der Waals surface area contributed by atoms with Gasteiger partial charge in [0.15, 0.2) is 31.3 Å². The third-order valence-electron chi connectivity index (χ3n) is 3.48. The Balaban J connectivity index is 1.61. The van der Waals surface area contributed by atoms with E-state index in [-0.39, 0.29) is 5.90 Å². The van der Waals surface area contributed by atoms with Gasteiger partial charge in [0, 0.05) is 36.7 Å². The fourth-order valence-corrected chi connectivity index (χ4v) is 2.23. The number of pyridine rings is 3. The Morgan fingerprint density at radius 1 is 1.00 bits per heavy atom. The zero-order valence-electron chi connectivity index (χ0n) is 12.6. The lowest BCUT2D eigenvalue weighted by Crippen LogP contribution is -2.34. The predicted octanol–water partition coefficient (Wildman–Crippen LogP) is 0.657. The number of nitrogens with one attached hydrogen (secondary N) is 1. The maximum Gasteiger partial charge on any atom is 0.169 e. The van der Waals surface area contributed by atoms with Crippen LogP contribution in [0, 0.1) is 0 Å². The smallest absolute Gasteiger partial charge is 0.169 e. The Labute approximate surface area is 134 Å². The maximum atomic E-state index is 11.9. The molecule has 5 nitrogen and oxygen atoms in total. The van der Waals surface area contributed by atoms with Crippen LogP contribution in [0.25, 0.3) is 11.1 Å². The molecule has 0 fully saturated rings. The SMILES string of the molecule is [O-]C(=NCC[n+]1ccc(-c2cc[nH+]cc2)cc1)c1ccncc1. The first-order valence-corrected chi connectivity index (χ1v) is 7.40. The molecular weight excluding hydrogens is 288 g/mol. The van der Waals surface area contributed by atoms with Gasteiger partial charge in [0.2, 0.25) is 0 Å². The summed E-state index contributed by atoms with van der Waals surface area (Å²) in [7, 11) is 0. The first-order valence-electron chi connectivity index (χ1n) is 7.40. The molecule has 0 bridgehead atoms. The van der Waals surface area contributed by atoms with E-state index < -0.39 is 0 Å². The van der Waals surface area contributed by atoms with Gasteiger partial charge in [-0.1, -0.05) is 0 Å². The summed E-state index contributed by atoms with van der Waals surface area (Å²) in [5.74, 6) is -0.204. The lowest BCUT2D eigenvalue weighted by atomic mass is 10.1. The molecule has 0 aliphatic carbocycles. The van der Waals surface area contributed by atoms with Gasteiger partial charge in [-0.25, -0.2) is 9.55 Å². The first kappa shape index (κ1) is 14.8. The maximum absolute atomic E-state index is 11.9. The number of hydrogen-bond acceptors (Lipinski definition) is 3. The fraction of sp³-hybridized carbons (Fsp3) is 0.111. The van der Waals surface area contributed by atoms with Gasteiger partial charge in [-0.05, 0) is 34.7 Å². The van der Waals surface area contributed by atoms with E-state index in [9.17, 15) is 5.11 Å². The fourth-order valence-electron chi connectivity index (χ4n) is 2.23. The van der Waals surface area contributed by atoms with Crippen LogP contribution in [0.2, 0.25) is 0 Å². The molecule has 3 rings (SSSR count). The Morgan fingerprint density at radius 3 is 2.35 bits per heavy atom. The Kier molecular flexibility index (Phi) is 4.69. The summed E-state index contributed by atoms with van der Waals surface area (Å²) in [6, 6.07) is 11.5. The summed E-state index contributed by atoms with van der Waals surface area (Å²) < 4.78 is 2.02. The standard InChI is InChI=1S/C18H16N4O/c23-18(17-3-9-20-10-4-17)21-11-14-22-12-5-16(6-13-22)15-1-7-19-8-2-15/h1-10,12-13H,11,14H2/p+1. The average Bonchev–Trinajstić information content (AvgIpc) is 2.64. The minimum Gasteiger partial charge on any atom is -0.858 e. The number of hydrogen-bond donors (Lipinski definition) is 0. The zero-order chi connectivity index (χ0) is 15.9. The molecule has 5 heteroatoms. The predicted molar refractivity (Wildman–Crippen MR) is 84.3 cm³/mol. The summed E-state index contributed by atoms with van der Waals surface area (Å²) in [5, 5.41) is 11.9. The van der Waals surface area contributed by atoms with Gasteiger partial charge in [0.1, 0.15) is 0 Å². The van der Waals surface area contributed by atoms with Crippen molar-refractivity contribution in [1.82, 2.24) is 4.98 Å². The first-order chi connectivity index (χ1) is 11.3. The third-order valence-corrected chi connectivity index (χ3v) is 3.48. The van der Waals surface area contributed by atoms with Crippen LogP contribution >= 0.6 is 0 Å². The highest BCUT2D eigenvalue weighted by Crippen LogP contribution is 2.14. The van der Waals surface area contributed by atoms with Gasteiger partial charge < -0.3 is 5.11 Å². The molecule has 3 aromatic heterocycles. The van der Waals surface area contributed by atoms with Gasteiger partial charge in [0.25, 0.3) is 0 Å². The van der Waals surface area contributed by atoms with Crippen molar-refractivity contribution in [1.29, 1.82) is 0 Å². The Bertz CT molecular complexity index is 771. The second kappa shape index (κ2) is 7.26. The van der Waals surface area contributed by atoms with Gasteiger partial charge in [-0.2, -0.15) is 0 Å². The van der Waals surface area contributed by atoms with Crippen LogP contribution in [0.5, 0.6) is 0 Å². The van der Waals surface area contributed by atoms with Crippen molar-refractivity contribution in [2.75, 3.05) is 6.54 Å². The van der Waals surface area contributed by atoms with Gasteiger partial charge >= 0.3 is 0 Å². The molecule has 0 spiro atoms. The molecule has 1 N–H and O–H groups in total. The van der Waals surface area contributed by atoms with Crippen LogP contribution < -0.4 is 14.7 Å². The second-order valence-corrected chi connectivity index (χ2v) is 5.04. The number of aromatic amines is 1. The Hall–Kier alpha value is -3.08. The molecule has 0 radical (unpaired) electrons. The normalized spacial score (nSPS) is 11.4. The van der Waals surface area contributed by atoms with Crippen molar-refractivity contribution in [3.05, 3.63) is 79.1 Å². The van der Waals surface area contributed by atoms with Crippen LogP contribution in [-0.4, -0.2) is 17.4 Å². The van der Waals surface area contributed by atoms with Gasteiger partial charge in [0.05, 0.1) is 6.54 Å². The monoisotopic (exact) mass is 305 g/mol. The molecule has 23 heavy (non-hydrogen) atoms. The average molecular weight is 305 g/mol. The number of H-pyrrole nitrogens is 1. The highest BCUT2D eigenvalue weighted by atomic mass is 16.3. The molecule has 114 valence electrons. The largest absolute Gasteiger partial charge is 0.858 e. The Morgan fingerprint density at radius 2 is 1.65 bits per heavy atom. The summed E-state index contributed by atoms with van der Waals surface area (Å²) in [6.45, 7) is 1.12. The molecule has 0 saturated carbocycles. The van der Waals surface area contributed by atoms with E-state index in [0.717, 1.165) is 11.1 Å². The number of nitrogens with zero attached hydrogens (tertiary/aromatic N) is 3. The summed E-state index contributed by atoms with van der Waals surface area (Å²) >= 11 is 0. The van der Waals surface area contributed by atoms with Gasteiger partial charge in [-0.15, -0.1) is 0 Å². The van der Waals surface area contributed by atoms with Crippen LogP contribution in [0.15, 0.2) is 78.6 Å². The molecule has 0 aliphatic heterocycles. The molecule has 0 amide bonds. The van der Waals surface area contributed by atoms with E-state index in [1.165, 1.54) is 0 Å². The van der Waals surface area contributed by atoms with Crippen LogP contribution in [0.4, 0.5) is 0 Å². The molecule has 0 aliphatic rings. The molecule has 0 saturated heterocycles. The van der Waals surface area contributed by atoms with E-state index >= 15 is 0 Å². The van der Waals surface area contributed by atoms with E-state index in [1.807, 2.05) is 41.5 Å². The number of aliphatic imine (C=N–C) groups is 1. The van der Waals surface area contributed by atoms with Gasteiger partial charge in [-0.3, -0.25) is 9.98 Å². The molecule has 0 unspecified atom stereocenters. The molecular formula is C18H17N4O+. The minimum absolute atomic E-state index is 0.204.